The molecule has 0 atom stereocenters. The molecule has 8 aromatic rings. The van der Waals surface area contributed by atoms with Crippen molar-refractivity contribution in [2.75, 3.05) is 0 Å². The average molecular weight is 587 g/mol. The van der Waals surface area contributed by atoms with E-state index in [9.17, 15) is 0 Å². The Morgan fingerprint density at radius 3 is 2.20 bits per heavy atom. The third-order valence-electron chi connectivity index (χ3n) is 8.72. The van der Waals surface area contributed by atoms with Gasteiger partial charge >= 0.3 is 0 Å². The highest BCUT2D eigenvalue weighted by atomic mass is 16.3. The van der Waals surface area contributed by atoms with Crippen molar-refractivity contribution in [1.82, 2.24) is 19.5 Å². The quantitative estimate of drug-likeness (QED) is 0.201. The van der Waals surface area contributed by atoms with Crippen LogP contribution < -0.4 is 0 Å². The Bertz CT molecular complexity index is 2390. The highest BCUT2D eigenvalue weighted by molar-refractivity contribution is 6.10. The number of aromatic nitrogens is 4. The minimum Gasteiger partial charge on any atom is -0.437 e. The molecule has 0 spiro atoms. The third kappa shape index (κ3) is 4.50. The van der Waals surface area contributed by atoms with Gasteiger partial charge in [-0.05, 0) is 110 Å². The molecule has 0 N–H and O–H groups in total. The summed E-state index contributed by atoms with van der Waals surface area (Å²) in [5, 5.41) is 3.13. The summed E-state index contributed by atoms with van der Waals surface area (Å²) in [6, 6.07) is 34.1. The van der Waals surface area contributed by atoms with Crippen LogP contribution in [0.5, 0.6) is 0 Å². The Labute approximate surface area is 262 Å². The van der Waals surface area contributed by atoms with E-state index in [1.165, 1.54) is 22.3 Å². The zero-order valence-corrected chi connectivity index (χ0v) is 26.2. The van der Waals surface area contributed by atoms with Crippen molar-refractivity contribution in [3.05, 3.63) is 120 Å². The number of aryl methyl sites for hydroxylation is 3. The fraction of sp³-hybridized carbons (Fsp3) is 0.175. The summed E-state index contributed by atoms with van der Waals surface area (Å²) in [7, 11) is 0. The van der Waals surface area contributed by atoms with Gasteiger partial charge in [0.1, 0.15) is 11.4 Å². The monoisotopic (exact) mass is 586 g/mol. The van der Waals surface area contributed by atoms with Crippen LogP contribution >= 0.6 is 0 Å². The van der Waals surface area contributed by atoms with Crippen LogP contribution in [0.25, 0.3) is 72.2 Å². The van der Waals surface area contributed by atoms with E-state index in [-0.39, 0.29) is 0 Å². The van der Waals surface area contributed by atoms with Crippen LogP contribution in [0.2, 0.25) is 0 Å². The third-order valence-corrected chi connectivity index (χ3v) is 8.72. The molecule has 4 aromatic heterocycles. The zero-order valence-electron chi connectivity index (χ0n) is 26.2. The molecule has 220 valence electrons. The van der Waals surface area contributed by atoms with Gasteiger partial charge in [-0.15, -0.1) is 0 Å². The maximum atomic E-state index is 6.61. The van der Waals surface area contributed by atoms with Crippen molar-refractivity contribution in [2.24, 2.45) is 5.92 Å². The lowest BCUT2D eigenvalue weighted by Gasteiger charge is -2.18. The largest absolute Gasteiger partial charge is 0.437 e. The van der Waals surface area contributed by atoms with Crippen LogP contribution in [0.15, 0.2) is 101 Å². The molecule has 5 nitrogen and oxygen atoms in total. The van der Waals surface area contributed by atoms with Gasteiger partial charge in [0.05, 0.1) is 27.8 Å². The Hall–Kier alpha value is -5.29. The predicted molar refractivity (Wildman–Crippen MR) is 185 cm³/mol. The lowest BCUT2D eigenvalue weighted by Crippen LogP contribution is -2.04. The first-order valence-corrected chi connectivity index (χ1v) is 15.6. The summed E-state index contributed by atoms with van der Waals surface area (Å²) < 4.78 is 8.94. The van der Waals surface area contributed by atoms with E-state index in [4.69, 9.17) is 19.4 Å². The standard InChI is InChI=1S/C40H34N4O/c1-23(2)20-29-15-17-31-30-12-9-13-33(38(30)45-40(31)42-29)39-43-35-19-18-34-32(16-14-26(5)41-34)37(35)44(39)36-24(3)21-28(22-25(36)4)27-10-7-6-8-11-27/h6-19,21-23H,20H2,1-5H3. The van der Waals surface area contributed by atoms with Crippen LogP contribution in [0.3, 0.4) is 0 Å². The van der Waals surface area contributed by atoms with Crippen molar-refractivity contribution in [2.45, 2.75) is 41.0 Å². The Kier molecular flexibility index (Phi) is 6.31. The number of rotatable bonds is 5. The number of hydrogen-bond acceptors (Lipinski definition) is 4. The molecule has 4 aromatic carbocycles. The first-order chi connectivity index (χ1) is 21.9. The second kappa shape index (κ2) is 10.4. The molecular formula is C40H34N4O. The average Bonchev–Trinajstić information content (AvgIpc) is 3.59. The number of para-hydroxylation sites is 1. The molecule has 8 rings (SSSR count). The van der Waals surface area contributed by atoms with Gasteiger partial charge in [-0.2, -0.15) is 0 Å². The fourth-order valence-corrected chi connectivity index (χ4v) is 6.80. The summed E-state index contributed by atoms with van der Waals surface area (Å²) in [6.45, 7) is 10.8. The molecule has 4 heterocycles. The molecule has 0 saturated carbocycles. The van der Waals surface area contributed by atoms with Crippen molar-refractivity contribution in [3.63, 3.8) is 0 Å². The van der Waals surface area contributed by atoms with Gasteiger partial charge in [0.25, 0.3) is 0 Å². The topological polar surface area (TPSA) is 56.7 Å². The summed E-state index contributed by atoms with van der Waals surface area (Å²) in [4.78, 5) is 15.1. The van der Waals surface area contributed by atoms with E-state index >= 15 is 0 Å². The van der Waals surface area contributed by atoms with Gasteiger partial charge < -0.3 is 4.42 Å². The number of pyridine rings is 2. The molecule has 0 radical (unpaired) electrons. The normalized spacial score (nSPS) is 12.0. The van der Waals surface area contributed by atoms with Gasteiger partial charge in [0.2, 0.25) is 5.71 Å². The molecule has 0 aliphatic heterocycles. The number of hydrogen-bond donors (Lipinski definition) is 0. The maximum Gasteiger partial charge on any atom is 0.227 e. The molecular weight excluding hydrogens is 552 g/mol. The lowest BCUT2D eigenvalue weighted by atomic mass is 9.98. The predicted octanol–water partition coefficient (Wildman–Crippen LogP) is 10.3. The zero-order chi connectivity index (χ0) is 30.8. The van der Waals surface area contributed by atoms with Crippen molar-refractivity contribution < 1.29 is 4.42 Å². The minimum atomic E-state index is 0.516. The van der Waals surface area contributed by atoms with E-state index in [0.717, 1.165) is 73.2 Å². The van der Waals surface area contributed by atoms with Crippen LogP contribution in [0, 0.1) is 26.7 Å². The number of benzene rings is 4. The van der Waals surface area contributed by atoms with E-state index in [2.05, 4.69) is 129 Å². The summed E-state index contributed by atoms with van der Waals surface area (Å²) in [5.41, 5.74) is 13.2. The van der Waals surface area contributed by atoms with Gasteiger partial charge in [-0.1, -0.05) is 56.3 Å². The molecule has 45 heavy (non-hydrogen) atoms. The fourth-order valence-electron chi connectivity index (χ4n) is 6.80. The number of fused-ring (bicyclic) bond motifs is 6. The van der Waals surface area contributed by atoms with Crippen molar-refractivity contribution >= 4 is 44.0 Å². The molecule has 0 aliphatic carbocycles. The Morgan fingerprint density at radius 2 is 1.42 bits per heavy atom. The first-order valence-electron chi connectivity index (χ1n) is 15.6. The first kappa shape index (κ1) is 27.3. The molecule has 0 bridgehead atoms. The van der Waals surface area contributed by atoms with Gasteiger partial charge in [0, 0.05) is 27.5 Å². The van der Waals surface area contributed by atoms with E-state index in [1.807, 2.05) is 6.92 Å². The van der Waals surface area contributed by atoms with Gasteiger partial charge in [-0.3, -0.25) is 9.55 Å². The second-order valence-corrected chi connectivity index (χ2v) is 12.6. The smallest absolute Gasteiger partial charge is 0.227 e. The number of nitrogens with zero attached hydrogens (tertiary/aromatic N) is 4. The second-order valence-electron chi connectivity index (χ2n) is 12.6. The SMILES string of the molecule is Cc1ccc2c(ccc3nc(-c4cccc5c4oc4nc(CC(C)C)ccc45)n(-c4c(C)cc(-c5ccccc5)cc4C)c32)n1. The molecule has 0 fully saturated rings. The molecule has 5 heteroatoms. The molecule has 0 amide bonds. The number of imidazole rings is 1. The van der Waals surface area contributed by atoms with E-state index < -0.39 is 0 Å². The van der Waals surface area contributed by atoms with E-state index in [1.54, 1.807) is 0 Å². The van der Waals surface area contributed by atoms with Crippen molar-refractivity contribution in [3.8, 4) is 28.2 Å². The highest BCUT2D eigenvalue weighted by Crippen LogP contribution is 2.40. The van der Waals surface area contributed by atoms with Crippen LogP contribution in [0.1, 0.15) is 36.4 Å². The van der Waals surface area contributed by atoms with E-state index in [0.29, 0.717) is 11.6 Å². The summed E-state index contributed by atoms with van der Waals surface area (Å²) in [5.74, 6) is 1.35. The van der Waals surface area contributed by atoms with Crippen LogP contribution in [0.4, 0.5) is 0 Å². The lowest BCUT2D eigenvalue weighted by molar-refractivity contribution is 0.621. The Morgan fingerprint density at radius 1 is 0.667 bits per heavy atom. The summed E-state index contributed by atoms with van der Waals surface area (Å²) >= 11 is 0. The maximum absolute atomic E-state index is 6.61. The van der Waals surface area contributed by atoms with Crippen LogP contribution in [-0.2, 0) is 6.42 Å². The number of furan rings is 1. The van der Waals surface area contributed by atoms with Gasteiger partial charge in [-0.25, -0.2) is 9.97 Å². The summed E-state index contributed by atoms with van der Waals surface area (Å²) in [6.07, 6.45) is 0.910. The Balaban J connectivity index is 1.44. The molecule has 0 saturated heterocycles. The molecule has 0 unspecified atom stereocenters. The minimum absolute atomic E-state index is 0.516. The highest BCUT2D eigenvalue weighted by Gasteiger charge is 2.24. The molecule has 0 aliphatic rings. The van der Waals surface area contributed by atoms with Crippen LogP contribution in [-0.4, -0.2) is 19.5 Å². The van der Waals surface area contributed by atoms with Crippen molar-refractivity contribution in [1.29, 1.82) is 0 Å². The van der Waals surface area contributed by atoms with Gasteiger partial charge in [0.15, 0.2) is 0 Å².